The molecule has 0 spiro atoms. The van der Waals surface area contributed by atoms with E-state index < -0.39 is 0 Å². The van der Waals surface area contributed by atoms with Gasteiger partial charge in [-0.2, -0.15) is 0 Å². The molecule has 108 valence electrons. The largest absolute Gasteiger partial charge is 0.384 e. The number of amides is 1. The Kier molecular flexibility index (Phi) is 5.09. The predicted molar refractivity (Wildman–Crippen MR) is 83.2 cm³/mol. The van der Waals surface area contributed by atoms with Gasteiger partial charge in [-0.05, 0) is 31.5 Å². The molecule has 1 heterocycles. The van der Waals surface area contributed by atoms with Gasteiger partial charge in [0.2, 0.25) is 0 Å². The molecular formula is C16H16N2O2S. The minimum Gasteiger partial charge on any atom is -0.384 e. The molecule has 0 unspecified atom stereocenters. The number of hydrogen-bond acceptors (Lipinski definition) is 4. The first-order valence-electron chi connectivity index (χ1n) is 6.50. The van der Waals surface area contributed by atoms with Gasteiger partial charge in [-0.1, -0.05) is 17.9 Å². The van der Waals surface area contributed by atoms with Crippen molar-refractivity contribution in [2.75, 3.05) is 6.61 Å². The lowest BCUT2D eigenvalue weighted by molar-refractivity contribution is 0.0950. The Bertz CT molecular complexity index is 711. The van der Waals surface area contributed by atoms with Crippen LogP contribution in [0.4, 0.5) is 0 Å². The number of aliphatic hydroxyl groups is 1. The molecule has 2 N–H and O–H groups in total. The smallest absolute Gasteiger partial charge is 0.252 e. The first-order chi connectivity index (χ1) is 10.1. The molecule has 0 aliphatic heterocycles. The minimum atomic E-state index is -0.229. The van der Waals surface area contributed by atoms with E-state index in [4.69, 9.17) is 5.11 Å². The summed E-state index contributed by atoms with van der Waals surface area (Å²) in [5, 5.41) is 12.5. The van der Waals surface area contributed by atoms with Crippen molar-refractivity contribution < 1.29 is 9.90 Å². The third kappa shape index (κ3) is 4.15. The molecule has 2 rings (SSSR count). The Morgan fingerprint density at radius 2 is 2.24 bits per heavy atom. The zero-order chi connectivity index (χ0) is 15.2. The van der Waals surface area contributed by atoms with Gasteiger partial charge in [0.25, 0.3) is 5.91 Å². The third-order valence-electron chi connectivity index (χ3n) is 2.79. The quantitative estimate of drug-likeness (QED) is 0.853. The average molecular weight is 300 g/mol. The minimum absolute atomic E-state index is 0.190. The highest BCUT2D eigenvalue weighted by Gasteiger charge is 2.11. The summed E-state index contributed by atoms with van der Waals surface area (Å²) in [5.74, 6) is 5.20. The number of carbonyl (C=O) groups is 1. The monoisotopic (exact) mass is 300 g/mol. The van der Waals surface area contributed by atoms with Gasteiger partial charge in [0.15, 0.2) is 0 Å². The summed E-state index contributed by atoms with van der Waals surface area (Å²) in [7, 11) is 0. The fraction of sp³-hybridized carbons (Fsp3) is 0.250. The normalized spacial score (nSPS) is 9.86. The van der Waals surface area contributed by atoms with Crippen LogP contribution in [0, 0.1) is 25.7 Å². The van der Waals surface area contributed by atoms with Gasteiger partial charge in [0.05, 0.1) is 12.1 Å². The number of hydrogen-bond donors (Lipinski definition) is 2. The van der Waals surface area contributed by atoms with Gasteiger partial charge < -0.3 is 10.4 Å². The van der Waals surface area contributed by atoms with Crippen molar-refractivity contribution in [3.8, 4) is 11.8 Å². The van der Waals surface area contributed by atoms with Crippen LogP contribution in [-0.4, -0.2) is 22.6 Å². The predicted octanol–water partition coefficient (Wildman–Crippen LogP) is 2.03. The van der Waals surface area contributed by atoms with Crippen LogP contribution in [0.5, 0.6) is 0 Å². The van der Waals surface area contributed by atoms with Crippen molar-refractivity contribution >= 4 is 17.2 Å². The van der Waals surface area contributed by atoms with E-state index in [0.29, 0.717) is 17.7 Å². The SMILES string of the molecule is Cc1ccc(C(=O)NCc2ncc(C)s2)c(C#CCO)c1. The molecule has 2 aromatic rings. The van der Waals surface area contributed by atoms with Crippen molar-refractivity contribution in [3.63, 3.8) is 0 Å². The number of nitrogens with one attached hydrogen (secondary N) is 1. The fourth-order valence-corrected chi connectivity index (χ4v) is 2.56. The van der Waals surface area contributed by atoms with Crippen LogP contribution in [0.2, 0.25) is 0 Å². The Balaban J connectivity index is 2.14. The Morgan fingerprint density at radius 3 is 2.90 bits per heavy atom. The highest BCUT2D eigenvalue weighted by Crippen LogP contribution is 2.13. The molecule has 0 radical (unpaired) electrons. The summed E-state index contributed by atoms with van der Waals surface area (Å²) in [6, 6.07) is 5.46. The molecule has 0 aliphatic carbocycles. The van der Waals surface area contributed by atoms with E-state index in [-0.39, 0.29) is 12.5 Å². The number of aliphatic hydroxyl groups excluding tert-OH is 1. The molecule has 4 nitrogen and oxygen atoms in total. The number of aryl methyl sites for hydroxylation is 2. The maximum atomic E-state index is 12.3. The zero-order valence-electron chi connectivity index (χ0n) is 11.9. The molecular weight excluding hydrogens is 284 g/mol. The van der Waals surface area contributed by atoms with Gasteiger partial charge in [-0.3, -0.25) is 4.79 Å². The van der Waals surface area contributed by atoms with Crippen molar-refractivity contribution in [1.29, 1.82) is 0 Å². The van der Waals surface area contributed by atoms with E-state index in [1.807, 2.05) is 26.0 Å². The van der Waals surface area contributed by atoms with E-state index in [0.717, 1.165) is 15.4 Å². The van der Waals surface area contributed by atoms with Crippen LogP contribution in [0.1, 0.15) is 31.4 Å². The van der Waals surface area contributed by atoms with Crippen molar-refractivity contribution in [3.05, 3.63) is 51.0 Å². The van der Waals surface area contributed by atoms with E-state index in [1.54, 1.807) is 23.6 Å². The highest BCUT2D eigenvalue weighted by molar-refractivity contribution is 7.11. The average Bonchev–Trinajstić information content (AvgIpc) is 2.88. The molecule has 1 aromatic heterocycles. The van der Waals surface area contributed by atoms with Crippen LogP contribution >= 0.6 is 11.3 Å². The number of rotatable bonds is 3. The lowest BCUT2D eigenvalue weighted by Gasteiger charge is -2.06. The molecule has 0 aliphatic rings. The fourth-order valence-electron chi connectivity index (χ4n) is 1.83. The number of aromatic nitrogens is 1. The number of carbonyl (C=O) groups excluding carboxylic acids is 1. The molecule has 0 saturated heterocycles. The molecule has 1 aromatic carbocycles. The summed E-state index contributed by atoms with van der Waals surface area (Å²) >= 11 is 1.56. The second kappa shape index (κ2) is 7.02. The van der Waals surface area contributed by atoms with Gasteiger partial charge in [0, 0.05) is 16.6 Å². The third-order valence-corrected chi connectivity index (χ3v) is 3.70. The van der Waals surface area contributed by atoms with Gasteiger partial charge >= 0.3 is 0 Å². The van der Waals surface area contributed by atoms with Crippen LogP contribution in [0.25, 0.3) is 0 Å². The summed E-state index contributed by atoms with van der Waals surface area (Å²) in [5.41, 5.74) is 2.15. The molecule has 21 heavy (non-hydrogen) atoms. The van der Waals surface area contributed by atoms with Crippen molar-refractivity contribution in [2.24, 2.45) is 0 Å². The van der Waals surface area contributed by atoms with Crippen molar-refractivity contribution in [1.82, 2.24) is 10.3 Å². The number of nitrogens with zero attached hydrogens (tertiary/aromatic N) is 1. The molecule has 5 heteroatoms. The Labute approximate surface area is 127 Å². The molecule has 0 atom stereocenters. The van der Waals surface area contributed by atoms with Crippen LogP contribution in [0.3, 0.4) is 0 Å². The standard InChI is InChI=1S/C16H16N2O2S/c1-11-5-6-14(13(8-11)4-3-7-19)16(20)18-10-15-17-9-12(2)21-15/h5-6,8-9,19H,7,10H2,1-2H3,(H,18,20). The lowest BCUT2D eigenvalue weighted by atomic mass is 10.0. The maximum Gasteiger partial charge on any atom is 0.252 e. The summed E-state index contributed by atoms with van der Waals surface area (Å²) in [4.78, 5) is 17.6. The maximum absolute atomic E-state index is 12.3. The first kappa shape index (κ1) is 15.2. The molecule has 0 saturated carbocycles. The number of benzene rings is 1. The van der Waals surface area contributed by atoms with Gasteiger partial charge in [0.1, 0.15) is 11.6 Å². The summed E-state index contributed by atoms with van der Waals surface area (Å²) in [6.07, 6.45) is 1.79. The zero-order valence-corrected chi connectivity index (χ0v) is 12.8. The second-order valence-electron chi connectivity index (χ2n) is 4.56. The summed E-state index contributed by atoms with van der Waals surface area (Å²) in [6.45, 7) is 4.08. The van der Waals surface area contributed by atoms with Crippen molar-refractivity contribution in [2.45, 2.75) is 20.4 Å². The van der Waals surface area contributed by atoms with E-state index in [9.17, 15) is 4.79 Å². The van der Waals surface area contributed by atoms with Crippen LogP contribution < -0.4 is 5.32 Å². The van der Waals surface area contributed by atoms with Gasteiger partial charge in [-0.15, -0.1) is 11.3 Å². The van der Waals surface area contributed by atoms with Crippen LogP contribution in [-0.2, 0) is 6.54 Å². The first-order valence-corrected chi connectivity index (χ1v) is 7.31. The summed E-state index contributed by atoms with van der Waals surface area (Å²) < 4.78 is 0. The Hall–Kier alpha value is -2.16. The molecule has 0 fully saturated rings. The molecule has 0 bridgehead atoms. The van der Waals surface area contributed by atoms with E-state index >= 15 is 0 Å². The second-order valence-corrected chi connectivity index (χ2v) is 5.88. The highest BCUT2D eigenvalue weighted by atomic mass is 32.1. The van der Waals surface area contributed by atoms with E-state index in [2.05, 4.69) is 22.1 Å². The number of thiazole rings is 1. The van der Waals surface area contributed by atoms with E-state index in [1.165, 1.54) is 0 Å². The topological polar surface area (TPSA) is 62.2 Å². The lowest BCUT2D eigenvalue weighted by Crippen LogP contribution is -2.23. The van der Waals surface area contributed by atoms with Gasteiger partial charge in [-0.25, -0.2) is 4.98 Å². The molecule has 1 amide bonds. The van der Waals surface area contributed by atoms with Crippen LogP contribution in [0.15, 0.2) is 24.4 Å². The Morgan fingerprint density at radius 1 is 1.43 bits per heavy atom.